The van der Waals surface area contributed by atoms with Gasteiger partial charge in [-0.1, -0.05) is 45.0 Å². The molecule has 2 aromatic carbocycles. The minimum Gasteiger partial charge on any atom is -0.457 e. The number of hydrogen-bond acceptors (Lipinski definition) is 3. The summed E-state index contributed by atoms with van der Waals surface area (Å²) in [5.74, 6) is 1.47. The second kappa shape index (κ2) is 7.82. The lowest BCUT2D eigenvalue weighted by Crippen LogP contribution is -2.53. The Labute approximate surface area is 160 Å². The van der Waals surface area contributed by atoms with Crippen LogP contribution in [0.3, 0.4) is 0 Å². The van der Waals surface area contributed by atoms with Crippen LogP contribution in [0.2, 0.25) is 0 Å². The SMILES string of the molecule is CC(C)(C)C(=O)N1CCN(C(=O)c2cccc(Oc3ccccc3)c2)CC1. The van der Waals surface area contributed by atoms with E-state index in [1.165, 1.54) is 0 Å². The van der Waals surface area contributed by atoms with Gasteiger partial charge in [0.15, 0.2) is 0 Å². The van der Waals surface area contributed by atoms with E-state index in [0.29, 0.717) is 37.5 Å². The first-order valence-electron chi connectivity index (χ1n) is 9.26. The summed E-state index contributed by atoms with van der Waals surface area (Å²) >= 11 is 0. The van der Waals surface area contributed by atoms with Gasteiger partial charge in [0.25, 0.3) is 5.91 Å². The zero-order chi connectivity index (χ0) is 19.4. The molecule has 27 heavy (non-hydrogen) atoms. The number of benzene rings is 2. The Kier molecular flexibility index (Phi) is 5.49. The van der Waals surface area contributed by atoms with Gasteiger partial charge >= 0.3 is 0 Å². The van der Waals surface area contributed by atoms with Crippen LogP contribution >= 0.6 is 0 Å². The molecule has 5 heteroatoms. The molecule has 1 aliphatic heterocycles. The van der Waals surface area contributed by atoms with Crippen molar-refractivity contribution in [2.24, 2.45) is 5.41 Å². The van der Waals surface area contributed by atoms with Crippen molar-refractivity contribution < 1.29 is 14.3 Å². The van der Waals surface area contributed by atoms with Crippen molar-refractivity contribution in [3.05, 3.63) is 60.2 Å². The maximum Gasteiger partial charge on any atom is 0.254 e. The maximum absolute atomic E-state index is 12.8. The van der Waals surface area contributed by atoms with Crippen molar-refractivity contribution in [2.45, 2.75) is 20.8 Å². The average Bonchev–Trinajstić information content (AvgIpc) is 2.67. The zero-order valence-electron chi connectivity index (χ0n) is 16.1. The number of ether oxygens (including phenoxy) is 1. The fourth-order valence-electron chi connectivity index (χ4n) is 3.09. The van der Waals surface area contributed by atoms with Crippen molar-refractivity contribution in [3.8, 4) is 11.5 Å². The van der Waals surface area contributed by atoms with E-state index in [1.54, 1.807) is 17.0 Å². The quantitative estimate of drug-likeness (QED) is 0.830. The van der Waals surface area contributed by atoms with E-state index in [0.717, 1.165) is 5.75 Å². The Balaban J connectivity index is 1.63. The normalized spacial score (nSPS) is 14.8. The highest BCUT2D eigenvalue weighted by molar-refractivity contribution is 5.95. The highest BCUT2D eigenvalue weighted by Gasteiger charge is 2.31. The van der Waals surface area contributed by atoms with E-state index < -0.39 is 5.41 Å². The molecule has 0 spiro atoms. The molecule has 3 rings (SSSR count). The van der Waals surface area contributed by atoms with Crippen LogP contribution in [0.1, 0.15) is 31.1 Å². The number of hydrogen-bond donors (Lipinski definition) is 0. The molecule has 1 saturated heterocycles. The Morgan fingerprint density at radius 1 is 0.815 bits per heavy atom. The number of carbonyl (C=O) groups excluding carboxylic acids is 2. The Morgan fingerprint density at radius 3 is 2.04 bits per heavy atom. The summed E-state index contributed by atoms with van der Waals surface area (Å²) in [7, 11) is 0. The summed E-state index contributed by atoms with van der Waals surface area (Å²) in [5.41, 5.74) is 0.203. The first-order chi connectivity index (χ1) is 12.8. The summed E-state index contributed by atoms with van der Waals surface area (Å²) in [6.07, 6.45) is 0. The fourth-order valence-corrected chi connectivity index (χ4v) is 3.09. The number of nitrogens with zero attached hydrogens (tertiary/aromatic N) is 2. The molecule has 2 aromatic rings. The molecule has 0 aliphatic carbocycles. The highest BCUT2D eigenvalue weighted by Crippen LogP contribution is 2.23. The average molecular weight is 366 g/mol. The van der Waals surface area contributed by atoms with E-state index >= 15 is 0 Å². The van der Waals surface area contributed by atoms with Crippen LogP contribution < -0.4 is 4.74 Å². The number of amides is 2. The number of carbonyl (C=O) groups is 2. The van der Waals surface area contributed by atoms with Crippen molar-refractivity contribution in [1.82, 2.24) is 9.80 Å². The molecule has 0 radical (unpaired) electrons. The monoisotopic (exact) mass is 366 g/mol. The molecule has 0 unspecified atom stereocenters. The van der Waals surface area contributed by atoms with Gasteiger partial charge in [-0.3, -0.25) is 9.59 Å². The molecule has 2 amide bonds. The second-order valence-corrected chi connectivity index (χ2v) is 7.78. The topological polar surface area (TPSA) is 49.9 Å². The van der Waals surface area contributed by atoms with Gasteiger partial charge in [-0.25, -0.2) is 0 Å². The van der Waals surface area contributed by atoms with E-state index in [-0.39, 0.29) is 11.8 Å². The standard InChI is InChI=1S/C22H26N2O3/c1-22(2,3)21(26)24-14-12-23(13-15-24)20(25)17-8-7-11-19(16-17)27-18-9-5-4-6-10-18/h4-11,16H,12-15H2,1-3H3. The molecule has 142 valence electrons. The minimum absolute atomic E-state index is 0.0311. The van der Waals surface area contributed by atoms with Gasteiger partial charge in [0.1, 0.15) is 11.5 Å². The van der Waals surface area contributed by atoms with Crippen molar-refractivity contribution in [3.63, 3.8) is 0 Å². The van der Waals surface area contributed by atoms with Crippen LogP contribution in [-0.4, -0.2) is 47.8 Å². The molecule has 0 atom stereocenters. The molecule has 0 N–H and O–H groups in total. The lowest BCUT2D eigenvalue weighted by atomic mass is 9.94. The predicted octanol–water partition coefficient (Wildman–Crippen LogP) is 3.81. The van der Waals surface area contributed by atoms with Gasteiger partial charge in [0.2, 0.25) is 5.91 Å². The van der Waals surface area contributed by atoms with Crippen LogP contribution in [0.15, 0.2) is 54.6 Å². The van der Waals surface area contributed by atoms with Gasteiger partial charge < -0.3 is 14.5 Å². The van der Waals surface area contributed by atoms with Crippen molar-refractivity contribution >= 4 is 11.8 Å². The third-order valence-corrected chi connectivity index (χ3v) is 4.56. The Morgan fingerprint density at radius 2 is 1.41 bits per heavy atom. The Hall–Kier alpha value is -2.82. The fraction of sp³-hybridized carbons (Fsp3) is 0.364. The van der Waals surface area contributed by atoms with E-state index in [4.69, 9.17) is 4.74 Å². The zero-order valence-corrected chi connectivity index (χ0v) is 16.1. The lowest BCUT2D eigenvalue weighted by Gasteiger charge is -2.37. The van der Waals surface area contributed by atoms with Crippen LogP contribution in [0.5, 0.6) is 11.5 Å². The summed E-state index contributed by atoms with van der Waals surface area (Å²) in [4.78, 5) is 28.9. The third kappa shape index (κ3) is 4.67. The number of para-hydroxylation sites is 1. The molecule has 0 saturated carbocycles. The second-order valence-electron chi connectivity index (χ2n) is 7.78. The first kappa shape index (κ1) is 19.0. The molecule has 1 fully saturated rings. The van der Waals surface area contributed by atoms with E-state index in [2.05, 4.69) is 0 Å². The minimum atomic E-state index is -0.394. The molecule has 5 nitrogen and oxygen atoms in total. The highest BCUT2D eigenvalue weighted by atomic mass is 16.5. The summed E-state index contributed by atoms with van der Waals surface area (Å²) in [6.45, 7) is 8.00. The molecular formula is C22H26N2O3. The van der Waals surface area contributed by atoms with Crippen LogP contribution in [0, 0.1) is 5.41 Å². The van der Waals surface area contributed by atoms with Gasteiger partial charge in [0.05, 0.1) is 0 Å². The molecule has 1 aliphatic rings. The molecule has 0 aromatic heterocycles. The maximum atomic E-state index is 12.8. The smallest absolute Gasteiger partial charge is 0.254 e. The number of piperazine rings is 1. The van der Waals surface area contributed by atoms with Crippen molar-refractivity contribution in [1.29, 1.82) is 0 Å². The summed E-state index contributed by atoms with van der Waals surface area (Å²) < 4.78 is 5.82. The summed E-state index contributed by atoms with van der Waals surface area (Å²) in [6, 6.07) is 16.7. The molecule has 0 bridgehead atoms. The van der Waals surface area contributed by atoms with Crippen LogP contribution in [-0.2, 0) is 4.79 Å². The third-order valence-electron chi connectivity index (χ3n) is 4.56. The number of rotatable bonds is 3. The van der Waals surface area contributed by atoms with Gasteiger partial charge in [-0.05, 0) is 30.3 Å². The predicted molar refractivity (Wildman–Crippen MR) is 105 cm³/mol. The largest absolute Gasteiger partial charge is 0.457 e. The molecule has 1 heterocycles. The first-order valence-corrected chi connectivity index (χ1v) is 9.26. The van der Waals surface area contributed by atoms with Gasteiger partial charge in [0, 0.05) is 37.2 Å². The van der Waals surface area contributed by atoms with E-state index in [9.17, 15) is 9.59 Å². The van der Waals surface area contributed by atoms with Crippen molar-refractivity contribution in [2.75, 3.05) is 26.2 Å². The lowest BCUT2D eigenvalue weighted by molar-refractivity contribution is -0.140. The van der Waals surface area contributed by atoms with Crippen LogP contribution in [0.4, 0.5) is 0 Å². The Bertz CT molecular complexity index is 804. The van der Waals surface area contributed by atoms with E-state index in [1.807, 2.05) is 68.1 Å². The molecular weight excluding hydrogens is 340 g/mol. The van der Waals surface area contributed by atoms with Crippen LogP contribution in [0.25, 0.3) is 0 Å². The van der Waals surface area contributed by atoms with Gasteiger partial charge in [-0.2, -0.15) is 0 Å². The summed E-state index contributed by atoms with van der Waals surface area (Å²) in [5, 5.41) is 0. The van der Waals surface area contributed by atoms with Gasteiger partial charge in [-0.15, -0.1) is 0 Å².